The highest BCUT2D eigenvalue weighted by molar-refractivity contribution is 7.94. The molecular weight excluding hydrogens is 1060 g/mol. The number of pyridine rings is 1. The van der Waals surface area contributed by atoms with Gasteiger partial charge in [-0.05, 0) is 119 Å². The molecule has 0 fully saturated rings. The molecule has 1 aliphatic rings. The van der Waals surface area contributed by atoms with E-state index < -0.39 is 61.4 Å². The summed E-state index contributed by atoms with van der Waals surface area (Å²) in [6.07, 6.45) is 3.64. The van der Waals surface area contributed by atoms with Gasteiger partial charge in [-0.1, -0.05) is 35.4 Å². The third-order valence-electron chi connectivity index (χ3n) is 12.8. The standard InChI is InChI=1S/C56H72N6O17S/c1-2-13-40-38-15-10-17-43(64)39(38)23-25-48(40)76-30-9-3-8-29-75-46-18-11-19-47(41(46)24-27-52(68)69)77-31-12-21-51(67)57-28-7-6-16-42(56(73)59-34-44(65)53(70)54(71)45(66)35-63)61-55(72)37-22-26-50(58-32-37)62-60-33-36-14-4-5-20-49(36)80-79-78-74/h2,4-5,11,14,18-20,22-23,25-26,32-33,42,44-45,53-54,63,65-66,70-71,74H,1,3,6-10,12-13,15-17,21,24,27-31,34-35H2,(H,57,67)(H,58,62)(H,59,73)(H,61,72)(H,68,69)/b60-33+. The number of hydrazone groups is 1. The van der Waals surface area contributed by atoms with Gasteiger partial charge >= 0.3 is 5.97 Å². The Balaban J connectivity index is 1.06. The Morgan fingerprint density at radius 3 is 2.19 bits per heavy atom. The van der Waals surface area contributed by atoms with Crippen LogP contribution in [0.4, 0.5) is 5.82 Å². The number of fused-ring (bicyclic) bond motifs is 1. The Bertz CT molecular complexity index is 2660. The number of carbonyl (C=O) groups is 5. The number of benzene rings is 3. The van der Waals surface area contributed by atoms with Gasteiger partial charge in [-0.15, -0.1) is 10.9 Å². The smallest absolute Gasteiger partial charge is 0.303 e. The van der Waals surface area contributed by atoms with Crippen LogP contribution in [0, 0.1) is 0 Å². The number of nitrogens with zero attached hydrogens (tertiary/aromatic N) is 2. The zero-order chi connectivity index (χ0) is 57.7. The number of ether oxygens (including phenoxy) is 3. The van der Waals surface area contributed by atoms with Crippen molar-refractivity contribution >= 4 is 53.5 Å². The summed E-state index contributed by atoms with van der Waals surface area (Å²) in [5.74, 6) is -0.464. The minimum atomic E-state index is -1.93. The molecule has 1 aromatic heterocycles. The number of carboxylic acids is 1. The van der Waals surface area contributed by atoms with Crippen LogP contribution in [0.3, 0.4) is 0 Å². The van der Waals surface area contributed by atoms with Gasteiger partial charge in [0.05, 0.1) is 56.4 Å². The SMILES string of the molecule is C=CCc1c(OCCCCCOc2cccc(OCCCC(=O)NCCCCC(NC(=O)c3ccc(N/N=C/c4ccccc4SOOO)nc3)C(=O)NCC(O)C(O)C(O)C(O)CO)c2CCC(=O)O)ccc2c1CCCC2=O. The number of hydrogen-bond acceptors (Lipinski definition) is 20. The summed E-state index contributed by atoms with van der Waals surface area (Å²) in [7, 11) is 0. The Hall–Kier alpha value is -7.00. The number of aliphatic hydroxyl groups is 5. The highest BCUT2D eigenvalue weighted by Crippen LogP contribution is 2.33. The number of anilines is 1. The molecule has 5 unspecified atom stereocenters. The summed E-state index contributed by atoms with van der Waals surface area (Å²) in [5.41, 5.74) is 6.92. The van der Waals surface area contributed by atoms with Crippen molar-refractivity contribution < 1.29 is 83.5 Å². The summed E-state index contributed by atoms with van der Waals surface area (Å²) in [5, 5.41) is 83.1. The van der Waals surface area contributed by atoms with E-state index in [0.717, 1.165) is 66.6 Å². The van der Waals surface area contributed by atoms with E-state index in [-0.39, 0.29) is 61.9 Å². The zero-order valence-electron chi connectivity index (χ0n) is 44.3. The highest BCUT2D eigenvalue weighted by atomic mass is 32.2. The van der Waals surface area contributed by atoms with Crippen LogP contribution in [0.15, 0.2) is 95.6 Å². The molecule has 80 heavy (non-hydrogen) atoms. The first kappa shape index (κ1) is 63.8. The molecule has 0 aliphatic heterocycles. The molecule has 3 aromatic carbocycles. The minimum absolute atomic E-state index is 0.0731. The van der Waals surface area contributed by atoms with Gasteiger partial charge in [-0.2, -0.15) is 5.10 Å². The number of amides is 3. The van der Waals surface area contributed by atoms with Gasteiger partial charge < -0.3 is 60.8 Å². The first-order chi connectivity index (χ1) is 38.7. The summed E-state index contributed by atoms with van der Waals surface area (Å²) >= 11 is 0.759. The average Bonchev–Trinajstić information content (AvgIpc) is 3.46. The molecule has 11 N–H and O–H groups in total. The molecule has 0 spiro atoms. The van der Waals surface area contributed by atoms with Crippen LogP contribution in [-0.2, 0) is 43.0 Å². The quantitative estimate of drug-likeness (QED) is 0.00727. The molecule has 1 heterocycles. The van der Waals surface area contributed by atoms with Gasteiger partial charge in [-0.25, -0.2) is 10.2 Å². The summed E-state index contributed by atoms with van der Waals surface area (Å²) in [6, 6.07) is 17.7. The Morgan fingerprint density at radius 1 is 0.787 bits per heavy atom. The molecule has 0 bridgehead atoms. The Morgan fingerprint density at radius 2 is 1.50 bits per heavy atom. The second kappa shape index (κ2) is 34.9. The van der Waals surface area contributed by atoms with E-state index >= 15 is 0 Å². The van der Waals surface area contributed by atoms with E-state index in [1.807, 2.05) is 18.2 Å². The Labute approximate surface area is 467 Å². The number of Topliss-reactive ketones (excluding diaryl/α,β-unsaturated/α-hetero) is 1. The van der Waals surface area contributed by atoms with Crippen LogP contribution in [-0.4, -0.2) is 147 Å². The number of carbonyl (C=O) groups excluding carboxylic acids is 4. The van der Waals surface area contributed by atoms with E-state index in [4.69, 9.17) is 24.6 Å². The van der Waals surface area contributed by atoms with E-state index in [1.165, 1.54) is 24.5 Å². The average molecular weight is 1130 g/mol. The van der Waals surface area contributed by atoms with Crippen LogP contribution in [0.5, 0.6) is 17.2 Å². The predicted octanol–water partition coefficient (Wildman–Crippen LogP) is 4.64. The van der Waals surface area contributed by atoms with Crippen LogP contribution in [0.1, 0.15) is 114 Å². The predicted molar refractivity (Wildman–Crippen MR) is 294 cm³/mol. The second-order valence-electron chi connectivity index (χ2n) is 18.7. The molecule has 4 aromatic rings. The molecule has 0 saturated heterocycles. The molecule has 434 valence electrons. The largest absolute Gasteiger partial charge is 0.493 e. The molecule has 0 saturated carbocycles. The van der Waals surface area contributed by atoms with Crippen LogP contribution < -0.4 is 35.6 Å². The number of allylic oxidation sites excluding steroid dienone is 1. The number of aliphatic hydroxyl groups excluding tert-OH is 5. The maximum absolute atomic E-state index is 13.4. The van der Waals surface area contributed by atoms with Gasteiger partial charge in [-0.3, -0.25) is 29.4 Å². The lowest BCUT2D eigenvalue weighted by Crippen LogP contribution is -2.52. The van der Waals surface area contributed by atoms with E-state index in [9.17, 15) is 49.5 Å². The van der Waals surface area contributed by atoms with Crippen molar-refractivity contribution in [3.8, 4) is 17.2 Å². The highest BCUT2D eigenvalue weighted by Gasteiger charge is 2.31. The third kappa shape index (κ3) is 20.9. The Kier molecular flexibility index (Phi) is 27.8. The first-order valence-electron chi connectivity index (χ1n) is 26.4. The molecule has 5 atom stereocenters. The van der Waals surface area contributed by atoms with Crippen LogP contribution in [0.2, 0.25) is 0 Å². The number of aliphatic carboxylic acids is 1. The lowest BCUT2D eigenvalue weighted by Gasteiger charge is -2.26. The van der Waals surface area contributed by atoms with Gasteiger partial charge in [0.1, 0.15) is 47.4 Å². The van der Waals surface area contributed by atoms with E-state index in [1.54, 1.807) is 42.5 Å². The van der Waals surface area contributed by atoms with Crippen molar-refractivity contribution in [3.05, 3.63) is 119 Å². The first-order valence-corrected chi connectivity index (χ1v) is 27.2. The molecule has 1 aliphatic carbocycles. The zero-order valence-corrected chi connectivity index (χ0v) is 45.2. The van der Waals surface area contributed by atoms with Gasteiger partial charge in [0.15, 0.2) is 5.78 Å². The minimum Gasteiger partial charge on any atom is -0.493 e. The summed E-state index contributed by atoms with van der Waals surface area (Å²) in [6.45, 7) is 3.68. The van der Waals surface area contributed by atoms with Crippen LogP contribution in [0.25, 0.3) is 0 Å². The second-order valence-corrected chi connectivity index (χ2v) is 19.4. The molecule has 0 radical (unpaired) electrons. The number of rotatable bonds is 38. The lowest BCUT2D eigenvalue weighted by molar-refractivity contribution is -0.432. The molecular formula is C56H72N6O17S. The number of carboxylic acid groups (broad SMARTS) is 1. The maximum atomic E-state index is 13.4. The number of nitrogens with one attached hydrogen (secondary N) is 4. The fraction of sp³-hybridized carbons (Fsp3) is 0.446. The fourth-order valence-corrected chi connectivity index (χ4v) is 8.98. The van der Waals surface area contributed by atoms with Crippen molar-refractivity contribution in [2.24, 2.45) is 5.10 Å². The van der Waals surface area contributed by atoms with Crippen molar-refractivity contribution in [1.29, 1.82) is 0 Å². The maximum Gasteiger partial charge on any atom is 0.303 e. The summed E-state index contributed by atoms with van der Waals surface area (Å²) in [4.78, 5) is 68.5. The summed E-state index contributed by atoms with van der Waals surface area (Å²) < 4.78 is 22.9. The number of unbranched alkanes of at least 4 members (excludes halogenated alkanes) is 3. The topological polar surface area (TPSA) is 346 Å². The number of ketones is 1. The number of hydrogen-bond donors (Lipinski definition) is 11. The van der Waals surface area contributed by atoms with Crippen molar-refractivity contribution in [3.63, 3.8) is 0 Å². The van der Waals surface area contributed by atoms with E-state index in [0.29, 0.717) is 72.8 Å². The molecule has 24 heteroatoms. The normalized spacial score (nSPS) is 14.0. The van der Waals surface area contributed by atoms with Crippen molar-refractivity contribution in [2.75, 3.05) is 44.9 Å². The van der Waals surface area contributed by atoms with E-state index in [2.05, 4.69) is 47.4 Å². The van der Waals surface area contributed by atoms with Crippen LogP contribution >= 0.6 is 12.0 Å². The van der Waals surface area contributed by atoms with Gasteiger partial charge in [0, 0.05) is 65.7 Å². The lowest BCUT2D eigenvalue weighted by atomic mass is 9.86. The number of aromatic nitrogens is 1. The molecule has 5 rings (SSSR count). The van der Waals surface area contributed by atoms with Crippen molar-refractivity contribution in [1.82, 2.24) is 20.9 Å². The van der Waals surface area contributed by atoms with Gasteiger partial charge in [0.25, 0.3) is 5.91 Å². The molecule has 23 nitrogen and oxygen atoms in total. The third-order valence-corrected chi connectivity index (χ3v) is 13.5. The monoisotopic (exact) mass is 1130 g/mol. The molecule has 3 amide bonds. The van der Waals surface area contributed by atoms with Gasteiger partial charge in [0.2, 0.25) is 11.8 Å². The fourth-order valence-electron chi connectivity index (χ4n) is 8.53. The van der Waals surface area contributed by atoms with Crippen molar-refractivity contribution in [2.45, 2.75) is 125 Å².